The Kier molecular flexibility index (Phi) is 5.88. The van der Waals surface area contributed by atoms with Crippen molar-refractivity contribution in [2.45, 2.75) is 33.8 Å². The van der Waals surface area contributed by atoms with Crippen LogP contribution in [0.15, 0.2) is 41.2 Å². The van der Waals surface area contributed by atoms with E-state index in [0.29, 0.717) is 17.4 Å². The number of ether oxygens (including phenoxy) is 1. The number of hydrogen-bond acceptors (Lipinski definition) is 5. The SMILES string of the molecule is CCc1cccc(-n2nnn(C)c2=O)c1COc1ccc(-c2nn(C)c(Cl)c2C)cc1C. The standard InChI is InChI=1S/C23H25ClN6O2/c1-6-16-8-7-9-19(30-23(31)29(5)26-27-30)18(16)13-32-20-11-10-17(12-14(20)2)21-15(3)22(24)28(4)25-21/h7-12H,6,13H2,1-5H3. The number of aryl methyl sites for hydroxylation is 4. The van der Waals surface area contributed by atoms with Crippen molar-refractivity contribution in [1.82, 2.24) is 29.6 Å². The Morgan fingerprint density at radius 3 is 2.44 bits per heavy atom. The third kappa shape index (κ3) is 3.82. The lowest BCUT2D eigenvalue weighted by atomic mass is 10.0. The van der Waals surface area contributed by atoms with Crippen LogP contribution in [-0.4, -0.2) is 29.6 Å². The largest absolute Gasteiger partial charge is 0.489 e. The predicted molar refractivity (Wildman–Crippen MR) is 123 cm³/mol. The summed E-state index contributed by atoms with van der Waals surface area (Å²) < 4.78 is 10.4. The highest BCUT2D eigenvalue weighted by molar-refractivity contribution is 6.30. The van der Waals surface area contributed by atoms with Gasteiger partial charge in [0.05, 0.1) is 11.4 Å². The van der Waals surface area contributed by atoms with Gasteiger partial charge in [-0.15, -0.1) is 0 Å². The molecule has 2 aromatic heterocycles. The third-order valence-electron chi connectivity index (χ3n) is 5.60. The van der Waals surface area contributed by atoms with Crippen molar-refractivity contribution in [3.63, 3.8) is 0 Å². The molecule has 4 aromatic rings. The summed E-state index contributed by atoms with van der Waals surface area (Å²) in [5.41, 5.74) is 6.14. The van der Waals surface area contributed by atoms with E-state index in [-0.39, 0.29) is 5.69 Å². The molecule has 8 nitrogen and oxygen atoms in total. The Labute approximate surface area is 191 Å². The Hall–Kier alpha value is -3.39. The first-order chi connectivity index (χ1) is 15.3. The third-order valence-corrected chi connectivity index (χ3v) is 6.13. The Bertz CT molecular complexity index is 1350. The molecular formula is C23H25ClN6O2. The van der Waals surface area contributed by atoms with Crippen LogP contribution in [0.5, 0.6) is 5.75 Å². The summed E-state index contributed by atoms with van der Waals surface area (Å²) in [5, 5.41) is 13.0. The molecule has 32 heavy (non-hydrogen) atoms. The molecule has 0 atom stereocenters. The minimum atomic E-state index is -0.301. The van der Waals surface area contributed by atoms with Crippen molar-refractivity contribution >= 4 is 11.6 Å². The molecule has 4 rings (SSSR count). The molecule has 0 unspecified atom stereocenters. The molecule has 0 fully saturated rings. The minimum absolute atomic E-state index is 0.301. The topological polar surface area (TPSA) is 79.8 Å². The van der Waals surface area contributed by atoms with Crippen LogP contribution in [0.4, 0.5) is 0 Å². The summed E-state index contributed by atoms with van der Waals surface area (Å²) in [6, 6.07) is 11.8. The average molecular weight is 453 g/mol. The maximum Gasteiger partial charge on any atom is 0.368 e. The number of nitrogens with zero attached hydrogens (tertiary/aromatic N) is 6. The molecule has 0 bridgehead atoms. The fraction of sp³-hybridized carbons (Fsp3) is 0.304. The van der Waals surface area contributed by atoms with Crippen molar-refractivity contribution in [2.75, 3.05) is 0 Å². The Morgan fingerprint density at radius 1 is 1.06 bits per heavy atom. The molecule has 0 saturated heterocycles. The molecule has 2 heterocycles. The number of benzene rings is 2. The van der Waals surface area contributed by atoms with Gasteiger partial charge in [0, 0.05) is 30.8 Å². The van der Waals surface area contributed by atoms with Crippen molar-refractivity contribution in [1.29, 1.82) is 0 Å². The monoisotopic (exact) mass is 452 g/mol. The van der Waals surface area contributed by atoms with Gasteiger partial charge in [-0.25, -0.2) is 4.79 Å². The van der Waals surface area contributed by atoms with Crippen LogP contribution in [0.25, 0.3) is 16.9 Å². The van der Waals surface area contributed by atoms with Gasteiger partial charge in [-0.05, 0) is 66.1 Å². The van der Waals surface area contributed by atoms with Crippen LogP contribution in [0, 0.1) is 13.8 Å². The summed E-state index contributed by atoms with van der Waals surface area (Å²) in [6.07, 6.45) is 0.805. The van der Waals surface area contributed by atoms with Gasteiger partial charge in [-0.2, -0.15) is 14.5 Å². The molecule has 9 heteroatoms. The van der Waals surface area contributed by atoms with Gasteiger partial charge in [0.1, 0.15) is 17.5 Å². The van der Waals surface area contributed by atoms with Crippen molar-refractivity contribution in [2.24, 2.45) is 14.1 Å². The van der Waals surface area contributed by atoms with E-state index in [0.717, 1.165) is 45.7 Å². The van der Waals surface area contributed by atoms with Gasteiger partial charge < -0.3 is 4.74 Å². The van der Waals surface area contributed by atoms with Crippen molar-refractivity contribution in [3.8, 4) is 22.7 Å². The molecule has 0 aliphatic rings. The van der Waals surface area contributed by atoms with Gasteiger partial charge >= 0.3 is 5.69 Å². The normalized spacial score (nSPS) is 11.2. The van der Waals surface area contributed by atoms with Crippen LogP contribution < -0.4 is 10.4 Å². The van der Waals surface area contributed by atoms with Gasteiger partial charge in [0.25, 0.3) is 0 Å². The molecule has 166 valence electrons. The number of tetrazole rings is 1. The molecule has 0 amide bonds. The van der Waals surface area contributed by atoms with E-state index in [1.165, 1.54) is 9.36 Å². The number of rotatable bonds is 6. The van der Waals surface area contributed by atoms with Gasteiger partial charge in [-0.3, -0.25) is 4.68 Å². The second kappa shape index (κ2) is 8.63. The fourth-order valence-corrected chi connectivity index (χ4v) is 3.90. The van der Waals surface area contributed by atoms with Crippen LogP contribution in [0.1, 0.15) is 29.2 Å². The van der Waals surface area contributed by atoms with Crippen LogP contribution in [-0.2, 0) is 27.1 Å². The lowest BCUT2D eigenvalue weighted by molar-refractivity contribution is 0.302. The van der Waals surface area contributed by atoms with E-state index >= 15 is 0 Å². The first-order valence-electron chi connectivity index (χ1n) is 10.3. The Morgan fingerprint density at radius 2 is 1.84 bits per heavy atom. The molecule has 0 aliphatic carbocycles. The maximum absolute atomic E-state index is 12.4. The molecule has 0 saturated carbocycles. The van der Waals surface area contributed by atoms with Gasteiger partial charge in [0.15, 0.2) is 0 Å². The quantitative estimate of drug-likeness (QED) is 0.444. The lowest BCUT2D eigenvalue weighted by Crippen LogP contribution is -2.23. The molecule has 0 spiro atoms. The van der Waals surface area contributed by atoms with Crippen molar-refractivity contribution < 1.29 is 4.74 Å². The highest BCUT2D eigenvalue weighted by Crippen LogP contribution is 2.31. The zero-order valence-electron chi connectivity index (χ0n) is 18.8. The molecule has 0 N–H and O–H groups in total. The van der Waals surface area contributed by atoms with E-state index in [2.05, 4.69) is 22.4 Å². The second-order valence-corrected chi connectivity index (χ2v) is 8.08. The summed E-state index contributed by atoms with van der Waals surface area (Å²) in [4.78, 5) is 12.4. The van der Waals surface area contributed by atoms with Crippen LogP contribution in [0.3, 0.4) is 0 Å². The van der Waals surface area contributed by atoms with Gasteiger partial charge in [-0.1, -0.05) is 30.7 Å². The van der Waals surface area contributed by atoms with E-state index in [9.17, 15) is 4.79 Å². The highest BCUT2D eigenvalue weighted by Gasteiger charge is 2.16. The number of aromatic nitrogens is 6. The van der Waals surface area contributed by atoms with E-state index in [4.69, 9.17) is 16.3 Å². The van der Waals surface area contributed by atoms with E-state index in [1.54, 1.807) is 11.7 Å². The van der Waals surface area contributed by atoms with Gasteiger partial charge in [0.2, 0.25) is 0 Å². The van der Waals surface area contributed by atoms with Crippen molar-refractivity contribution in [3.05, 3.63) is 74.3 Å². The predicted octanol–water partition coefficient (Wildman–Crippen LogP) is 3.78. The second-order valence-electron chi connectivity index (χ2n) is 7.72. The smallest absolute Gasteiger partial charge is 0.368 e. The zero-order chi connectivity index (χ0) is 23.0. The molecule has 0 radical (unpaired) electrons. The Balaban J connectivity index is 1.65. The summed E-state index contributed by atoms with van der Waals surface area (Å²) in [5.74, 6) is 0.761. The van der Waals surface area contributed by atoms with E-state index < -0.39 is 0 Å². The summed E-state index contributed by atoms with van der Waals surface area (Å²) >= 11 is 6.28. The first-order valence-corrected chi connectivity index (χ1v) is 10.7. The van der Waals surface area contributed by atoms with Crippen LogP contribution in [0.2, 0.25) is 5.15 Å². The molecule has 0 aliphatic heterocycles. The maximum atomic E-state index is 12.4. The summed E-state index contributed by atoms with van der Waals surface area (Å²) in [7, 11) is 3.40. The lowest BCUT2D eigenvalue weighted by Gasteiger charge is -2.15. The fourth-order valence-electron chi connectivity index (χ4n) is 3.77. The highest BCUT2D eigenvalue weighted by atomic mass is 35.5. The number of halogens is 1. The summed E-state index contributed by atoms with van der Waals surface area (Å²) in [6.45, 7) is 6.33. The first kappa shape index (κ1) is 21.8. The van der Waals surface area contributed by atoms with Crippen LogP contribution >= 0.6 is 11.6 Å². The van der Waals surface area contributed by atoms with E-state index in [1.807, 2.05) is 57.3 Å². The minimum Gasteiger partial charge on any atom is -0.489 e. The average Bonchev–Trinajstić information content (AvgIpc) is 3.25. The number of hydrogen-bond donors (Lipinski definition) is 0. The molecule has 2 aromatic carbocycles. The molecular weight excluding hydrogens is 428 g/mol. The zero-order valence-corrected chi connectivity index (χ0v) is 19.5.